The van der Waals surface area contributed by atoms with Gasteiger partial charge in [-0.3, -0.25) is 0 Å². The molecular weight excluding hydrogens is 210 g/mol. The van der Waals surface area contributed by atoms with Crippen molar-refractivity contribution in [1.82, 2.24) is 0 Å². The lowest BCUT2D eigenvalue weighted by molar-refractivity contribution is 1.56. The van der Waals surface area contributed by atoms with E-state index in [1.54, 1.807) is 0 Å². The first kappa shape index (κ1) is 3.90. The predicted octanol–water partition coefficient (Wildman–Crippen LogP) is 2.80. The summed E-state index contributed by atoms with van der Waals surface area (Å²) in [4.78, 5) is 0. The Hall–Kier alpha value is 0.960. The van der Waals surface area contributed by atoms with Crippen molar-refractivity contribution < 1.29 is 4.11 Å². The molecule has 0 aromatic rings. The summed E-state index contributed by atoms with van der Waals surface area (Å²) >= 11 is 5.95. The van der Waals surface area contributed by atoms with Crippen LogP contribution in [0.15, 0.2) is 0 Å². The third-order valence-corrected chi connectivity index (χ3v) is 0. The second-order valence-corrected chi connectivity index (χ2v) is 2.08. The van der Waals surface area contributed by atoms with E-state index in [4.69, 9.17) is 4.11 Å². The molecule has 0 aromatic heterocycles. The third-order valence-electron chi connectivity index (χ3n) is 0. The minimum absolute atomic E-state index is 0.0833. The molecule has 0 aromatic carbocycles. The zero-order chi connectivity index (χ0) is 7.91. The summed E-state index contributed by atoms with van der Waals surface area (Å²) in [5.41, 5.74) is 0. The van der Waals surface area contributed by atoms with Gasteiger partial charge in [0.15, 0.2) is 0 Å². The van der Waals surface area contributed by atoms with Crippen molar-refractivity contribution in [2.24, 2.45) is 0 Å². The van der Waals surface area contributed by atoms with Gasteiger partial charge in [-0.25, -0.2) is 0 Å². The van der Waals surface area contributed by atoms with E-state index in [1.807, 2.05) is 6.92 Å². The molecule has 0 nitrogen and oxygen atoms in total. The standard InChI is InChI=1S/2C2H5Br/c2*1-2-3/h2*2H2,1H3/i1+1,2+1;1D3. The van der Waals surface area contributed by atoms with Gasteiger partial charge in [0, 0.05) is 14.8 Å². The van der Waals surface area contributed by atoms with E-state index >= 15 is 0 Å². The van der Waals surface area contributed by atoms with E-state index in [0.29, 0.717) is 0 Å². The Balaban J connectivity index is 0. The molecule has 0 unspecified atom stereocenters. The molecule has 6 heavy (non-hydrogen) atoms. The summed E-state index contributed by atoms with van der Waals surface area (Å²) in [6.07, 6.45) is 0. The maximum Gasteiger partial charge on any atom is 0.0239 e. The van der Waals surface area contributed by atoms with E-state index in [9.17, 15) is 0 Å². The minimum atomic E-state index is -1.79. The molecule has 0 amide bonds. The van der Waals surface area contributed by atoms with Crippen LogP contribution < -0.4 is 0 Å². The van der Waals surface area contributed by atoms with Gasteiger partial charge in [-0.05, 0) is 0 Å². The van der Waals surface area contributed by atoms with Gasteiger partial charge in [0.25, 0.3) is 0 Å². The first-order chi connectivity index (χ1) is 3.97. The summed E-state index contributed by atoms with van der Waals surface area (Å²) < 4.78 is 19.4. The topological polar surface area (TPSA) is 0 Å². The monoisotopic (exact) mass is 221 g/mol. The number of hydrogen-bond donors (Lipinski definition) is 0. The van der Waals surface area contributed by atoms with Crippen LogP contribution >= 0.6 is 31.9 Å². The molecule has 0 aliphatic carbocycles. The van der Waals surface area contributed by atoms with Crippen molar-refractivity contribution in [2.45, 2.75) is 13.8 Å². The molecule has 0 radical (unpaired) electrons. The molecule has 0 saturated heterocycles. The molecule has 40 valence electrons. The lowest BCUT2D eigenvalue weighted by Gasteiger charge is -1.45. The van der Waals surface area contributed by atoms with E-state index < -0.39 is 6.85 Å². The Morgan fingerprint density at radius 1 is 1.50 bits per heavy atom. The van der Waals surface area contributed by atoms with Crippen molar-refractivity contribution in [3.8, 4) is 0 Å². The molecule has 0 bridgehead atoms. The SMILES string of the molecule is [13CH3][13CH2]Br.[2H]C([2H])([2H])CBr. The van der Waals surface area contributed by atoms with Crippen molar-refractivity contribution in [3.63, 3.8) is 0 Å². The Morgan fingerprint density at radius 3 is 1.67 bits per heavy atom. The molecule has 2 heteroatoms. The Kier molecular flexibility index (Phi) is 10.9. The average molecular weight is 223 g/mol. The quantitative estimate of drug-likeness (QED) is 0.437. The normalized spacial score (nSPS) is 15.5. The molecule has 0 heterocycles. The average Bonchev–Trinajstić information content (AvgIpc) is 1.67. The van der Waals surface area contributed by atoms with Crippen molar-refractivity contribution in [2.75, 3.05) is 10.7 Å². The summed E-state index contributed by atoms with van der Waals surface area (Å²) in [5.74, 6) is 0. The zero-order valence-corrected chi connectivity index (χ0v) is 6.84. The molecule has 0 rings (SSSR count). The van der Waals surface area contributed by atoms with Gasteiger partial charge in [0.1, 0.15) is 0 Å². The highest BCUT2D eigenvalue weighted by Crippen LogP contribution is 1.67. The van der Waals surface area contributed by atoms with Crippen LogP contribution in [0, 0.1) is 0 Å². The van der Waals surface area contributed by atoms with Crippen molar-refractivity contribution in [3.05, 3.63) is 0 Å². The first-order valence-electron chi connectivity index (χ1n) is 3.10. The molecule has 0 aliphatic heterocycles. The highest BCUT2D eigenvalue weighted by Gasteiger charge is 1.38. The van der Waals surface area contributed by atoms with Gasteiger partial charge in [-0.15, -0.1) is 0 Å². The number of rotatable bonds is 0. The fourth-order valence-corrected chi connectivity index (χ4v) is 0. The second kappa shape index (κ2) is 16.7. The first-order valence-corrected chi connectivity index (χ1v) is 3.84. The summed E-state index contributed by atoms with van der Waals surface area (Å²) in [5, 5.41) is 1.15. The van der Waals surface area contributed by atoms with Crippen LogP contribution in [0.1, 0.15) is 17.9 Å². The fraction of sp³-hybridized carbons (Fsp3) is 1.00. The molecule has 0 atom stereocenters. The number of halogens is 2. The van der Waals surface area contributed by atoms with Crippen LogP contribution in [0.2, 0.25) is 0 Å². The minimum Gasteiger partial charge on any atom is -0.0931 e. The van der Waals surface area contributed by atoms with Crippen LogP contribution in [0.5, 0.6) is 0 Å². The van der Waals surface area contributed by atoms with E-state index in [1.165, 1.54) is 0 Å². The van der Waals surface area contributed by atoms with Gasteiger partial charge < -0.3 is 0 Å². The molecular formula is C4H10Br2. The van der Waals surface area contributed by atoms with Crippen LogP contribution in [0.4, 0.5) is 0 Å². The molecule has 0 fully saturated rings. The van der Waals surface area contributed by atoms with Gasteiger partial charge in [-0.2, -0.15) is 0 Å². The van der Waals surface area contributed by atoms with Crippen LogP contribution in [-0.4, -0.2) is 10.7 Å². The fourth-order valence-electron chi connectivity index (χ4n) is 0. The lowest BCUT2D eigenvalue weighted by atomic mass is 11.0. The van der Waals surface area contributed by atoms with E-state index in [2.05, 4.69) is 31.9 Å². The van der Waals surface area contributed by atoms with Crippen molar-refractivity contribution >= 4 is 31.9 Å². The molecule has 0 saturated carbocycles. The largest absolute Gasteiger partial charge is 0.0931 e. The highest BCUT2D eigenvalue weighted by atomic mass is 79.9. The van der Waals surface area contributed by atoms with Gasteiger partial charge >= 0.3 is 0 Å². The molecule has 0 spiro atoms. The van der Waals surface area contributed by atoms with Crippen LogP contribution in [-0.2, 0) is 0 Å². The predicted molar refractivity (Wildman–Crippen MR) is 38.9 cm³/mol. The Bertz CT molecular complexity index is 52.3. The summed E-state index contributed by atoms with van der Waals surface area (Å²) in [7, 11) is 0. The van der Waals surface area contributed by atoms with Gasteiger partial charge in [-0.1, -0.05) is 45.6 Å². The number of hydrogen-bond acceptors (Lipinski definition) is 0. The van der Waals surface area contributed by atoms with Gasteiger partial charge in [0.2, 0.25) is 0 Å². The third kappa shape index (κ3) is 84.4. The molecule has 0 N–H and O–H groups in total. The van der Waals surface area contributed by atoms with E-state index in [0.717, 1.165) is 5.33 Å². The Labute approximate surface area is 60.8 Å². The van der Waals surface area contributed by atoms with E-state index in [-0.39, 0.29) is 5.33 Å². The summed E-state index contributed by atoms with van der Waals surface area (Å²) in [6.45, 7) is 0.250. The highest BCUT2D eigenvalue weighted by molar-refractivity contribution is 9.09. The maximum absolute atomic E-state index is 6.47. The maximum atomic E-state index is 6.47. The molecule has 0 aliphatic rings. The van der Waals surface area contributed by atoms with Crippen LogP contribution in [0.25, 0.3) is 0 Å². The van der Waals surface area contributed by atoms with Crippen molar-refractivity contribution in [1.29, 1.82) is 0 Å². The van der Waals surface area contributed by atoms with Gasteiger partial charge in [0.05, 0.1) is 0 Å². The summed E-state index contributed by atoms with van der Waals surface area (Å²) in [6, 6.07) is 0. The number of alkyl halides is 2. The smallest absolute Gasteiger partial charge is 0.0239 e. The Morgan fingerprint density at radius 2 is 1.67 bits per heavy atom. The zero-order valence-electron chi connectivity index (χ0n) is 6.67. The lowest BCUT2D eigenvalue weighted by Crippen LogP contribution is -1.34. The van der Waals surface area contributed by atoms with Crippen LogP contribution in [0.3, 0.4) is 0 Å². The second-order valence-electron chi connectivity index (χ2n) is 0.401.